The van der Waals surface area contributed by atoms with E-state index >= 15 is 0 Å². The molecule has 34 heavy (non-hydrogen) atoms. The van der Waals surface area contributed by atoms with E-state index in [1.165, 1.54) is 42.1 Å². The molecule has 0 fully saturated rings. The Labute approximate surface area is 207 Å². The lowest BCUT2D eigenvalue weighted by Gasteiger charge is -2.16. The second kappa shape index (κ2) is 9.19. The van der Waals surface area contributed by atoms with Crippen LogP contribution in [0.4, 0.5) is 5.00 Å². The van der Waals surface area contributed by atoms with Gasteiger partial charge < -0.3 is 14.5 Å². The van der Waals surface area contributed by atoms with E-state index in [0.717, 1.165) is 29.3 Å². The van der Waals surface area contributed by atoms with Crippen molar-refractivity contribution in [2.45, 2.75) is 25.7 Å². The number of aryl methyl sites for hydroxylation is 2. The number of ether oxygens (including phenoxy) is 1. The first-order chi connectivity index (χ1) is 16.4. The number of carbonyl (C=O) groups excluding carboxylic acids is 2. The predicted molar refractivity (Wildman–Crippen MR) is 136 cm³/mol. The van der Waals surface area contributed by atoms with Crippen LogP contribution in [0.2, 0.25) is 0 Å². The van der Waals surface area contributed by atoms with Gasteiger partial charge in [0, 0.05) is 20.8 Å². The van der Waals surface area contributed by atoms with Crippen LogP contribution in [0.5, 0.6) is 0 Å². The van der Waals surface area contributed by atoms with Crippen LogP contribution >= 0.6 is 27.3 Å². The van der Waals surface area contributed by atoms with Gasteiger partial charge in [0.2, 0.25) is 0 Å². The third-order valence-electron chi connectivity index (χ3n) is 6.01. The lowest BCUT2D eigenvalue weighted by Crippen LogP contribution is -2.21. The third-order valence-corrected chi connectivity index (χ3v) is 7.39. The fraction of sp³-hybridized carbons (Fsp3) is 0.192. The monoisotopic (exact) mass is 537 g/mol. The number of thiophene rings is 1. The molecule has 1 aliphatic carbocycles. The van der Waals surface area contributed by atoms with Gasteiger partial charge >= 0.3 is 11.6 Å². The molecule has 0 atom stereocenters. The normalized spacial score (nSPS) is 12.9. The van der Waals surface area contributed by atoms with Crippen molar-refractivity contribution in [2.75, 3.05) is 12.4 Å². The van der Waals surface area contributed by atoms with Gasteiger partial charge in [-0.05, 0) is 66.6 Å². The standard InChI is InChI=1S/C26H20BrNO5S/c1-32-26(31)22-20(16-7-6-14-4-2-3-5-15(14)10-16)13-34-24(22)28-23(29)19-12-17-11-18(27)8-9-21(17)33-25(19)30/h6-13H,2-5H2,1H3,(H,28,29). The summed E-state index contributed by atoms with van der Waals surface area (Å²) in [5.41, 5.74) is 3.96. The second-order valence-corrected chi connectivity index (χ2v) is 9.91. The number of nitrogens with one attached hydrogen (secondary N) is 1. The first-order valence-corrected chi connectivity index (χ1v) is 12.5. The first kappa shape index (κ1) is 22.6. The van der Waals surface area contributed by atoms with E-state index in [-0.39, 0.29) is 11.1 Å². The molecule has 2 aromatic carbocycles. The van der Waals surface area contributed by atoms with Crippen LogP contribution in [0.1, 0.15) is 44.7 Å². The van der Waals surface area contributed by atoms with E-state index in [2.05, 4.69) is 33.4 Å². The quantitative estimate of drug-likeness (QED) is 0.247. The van der Waals surface area contributed by atoms with Crippen molar-refractivity contribution in [2.24, 2.45) is 0 Å². The molecule has 2 aromatic heterocycles. The van der Waals surface area contributed by atoms with Crippen molar-refractivity contribution < 1.29 is 18.7 Å². The van der Waals surface area contributed by atoms with Gasteiger partial charge in [0.05, 0.1) is 7.11 Å². The van der Waals surface area contributed by atoms with E-state index in [4.69, 9.17) is 9.15 Å². The molecule has 0 spiro atoms. The summed E-state index contributed by atoms with van der Waals surface area (Å²) >= 11 is 4.59. The van der Waals surface area contributed by atoms with Crippen LogP contribution < -0.4 is 10.9 Å². The van der Waals surface area contributed by atoms with Crippen molar-refractivity contribution >= 4 is 55.1 Å². The van der Waals surface area contributed by atoms with E-state index in [1.807, 2.05) is 11.4 Å². The van der Waals surface area contributed by atoms with Gasteiger partial charge in [0.1, 0.15) is 21.7 Å². The van der Waals surface area contributed by atoms with E-state index in [9.17, 15) is 14.4 Å². The summed E-state index contributed by atoms with van der Waals surface area (Å²) in [6.07, 6.45) is 4.41. The average Bonchev–Trinajstić information content (AvgIpc) is 3.26. The molecular weight excluding hydrogens is 518 g/mol. The summed E-state index contributed by atoms with van der Waals surface area (Å²) in [7, 11) is 1.30. The Hall–Kier alpha value is -3.23. The number of hydrogen-bond acceptors (Lipinski definition) is 6. The predicted octanol–water partition coefficient (Wildman–Crippen LogP) is 6.20. The van der Waals surface area contributed by atoms with Crippen LogP contribution in [0.3, 0.4) is 0 Å². The number of carbonyl (C=O) groups is 2. The molecule has 1 aliphatic rings. The van der Waals surface area contributed by atoms with Gasteiger partial charge in [-0.15, -0.1) is 11.3 Å². The number of amides is 1. The Morgan fingerprint density at radius 2 is 1.85 bits per heavy atom. The highest BCUT2D eigenvalue weighted by atomic mass is 79.9. The van der Waals surface area contributed by atoms with Crippen LogP contribution in [0, 0.1) is 0 Å². The first-order valence-electron chi connectivity index (χ1n) is 10.8. The van der Waals surface area contributed by atoms with Crippen molar-refractivity contribution in [3.63, 3.8) is 0 Å². The molecule has 5 rings (SSSR count). The second-order valence-electron chi connectivity index (χ2n) is 8.12. The number of benzene rings is 2. The largest absolute Gasteiger partial charge is 0.465 e. The fourth-order valence-electron chi connectivity index (χ4n) is 4.29. The number of methoxy groups -OCH3 is 1. The van der Waals surface area contributed by atoms with Gasteiger partial charge in [-0.2, -0.15) is 0 Å². The molecule has 0 unspecified atom stereocenters. The SMILES string of the molecule is COC(=O)c1c(-c2ccc3c(c2)CCCC3)csc1NC(=O)c1cc2cc(Br)ccc2oc1=O. The van der Waals surface area contributed by atoms with Gasteiger partial charge in [0.15, 0.2) is 0 Å². The minimum Gasteiger partial charge on any atom is -0.465 e. The summed E-state index contributed by atoms with van der Waals surface area (Å²) in [6.45, 7) is 0. The average molecular weight is 538 g/mol. The van der Waals surface area contributed by atoms with E-state index in [1.54, 1.807) is 18.2 Å². The highest BCUT2D eigenvalue weighted by Gasteiger charge is 2.24. The molecule has 1 amide bonds. The maximum atomic E-state index is 13.0. The molecular formula is C26H20BrNO5S. The lowest BCUT2D eigenvalue weighted by atomic mass is 9.89. The topological polar surface area (TPSA) is 85.6 Å². The molecule has 172 valence electrons. The Morgan fingerprint density at radius 1 is 1.06 bits per heavy atom. The summed E-state index contributed by atoms with van der Waals surface area (Å²) in [4.78, 5) is 38.2. The lowest BCUT2D eigenvalue weighted by molar-refractivity contribution is 0.0603. The molecule has 0 aliphatic heterocycles. The molecule has 8 heteroatoms. The highest BCUT2D eigenvalue weighted by Crippen LogP contribution is 2.38. The van der Waals surface area contributed by atoms with Crippen molar-refractivity contribution in [3.05, 3.63) is 85.0 Å². The van der Waals surface area contributed by atoms with E-state index < -0.39 is 17.5 Å². The minimum absolute atomic E-state index is 0.148. The molecule has 6 nitrogen and oxygen atoms in total. The zero-order valence-electron chi connectivity index (χ0n) is 18.3. The molecule has 0 radical (unpaired) electrons. The maximum absolute atomic E-state index is 13.0. The molecule has 4 aromatic rings. The zero-order valence-corrected chi connectivity index (χ0v) is 20.7. The van der Waals surface area contributed by atoms with Gasteiger partial charge in [-0.3, -0.25) is 4.79 Å². The molecule has 0 saturated carbocycles. The smallest absolute Gasteiger partial charge is 0.349 e. The summed E-state index contributed by atoms with van der Waals surface area (Å²) in [5, 5.41) is 5.47. The third kappa shape index (κ3) is 4.19. The number of esters is 1. The molecule has 0 saturated heterocycles. The zero-order chi connectivity index (χ0) is 23.8. The van der Waals surface area contributed by atoms with Crippen LogP contribution in [-0.2, 0) is 17.6 Å². The van der Waals surface area contributed by atoms with Crippen molar-refractivity contribution in [1.29, 1.82) is 0 Å². The van der Waals surface area contributed by atoms with Crippen LogP contribution in [-0.4, -0.2) is 19.0 Å². The Kier molecular flexibility index (Phi) is 6.10. The number of fused-ring (bicyclic) bond motifs is 2. The number of anilines is 1. The Balaban J connectivity index is 1.52. The van der Waals surface area contributed by atoms with E-state index in [0.29, 0.717) is 21.5 Å². The van der Waals surface area contributed by atoms with Crippen molar-refractivity contribution in [3.8, 4) is 11.1 Å². The van der Waals surface area contributed by atoms with Gasteiger partial charge in [-0.1, -0.05) is 34.1 Å². The minimum atomic E-state index is -0.751. The summed E-state index contributed by atoms with van der Waals surface area (Å²) in [5.74, 6) is -1.21. The van der Waals surface area contributed by atoms with Crippen LogP contribution in [0.25, 0.3) is 22.1 Å². The number of halogens is 1. The molecule has 1 N–H and O–H groups in total. The summed E-state index contributed by atoms with van der Waals surface area (Å²) < 4.78 is 11.1. The summed E-state index contributed by atoms with van der Waals surface area (Å²) in [6, 6.07) is 12.9. The number of rotatable bonds is 4. The Morgan fingerprint density at radius 3 is 2.65 bits per heavy atom. The Bertz CT molecular complexity index is 1500. The molecule has 2 heterocycles. The van der Waals surface area contributed by atoms with Gasteiger partial charge in [0.25, 0.3) is 5.91 Å². The molecule has 0 bridgehead atoms. The maximum Gasteiger partial charge on any atom is 0.349 e. The van der Waals surface area contributed by atoms with Crippen molar-refractivity contribution in [1.82, 2.24) is 0 Å². The fourth-order valence-corrected chi connectivity index (χ4v) is 5.62. The van der Waals surface area contributed by atoms with Gasteiger partial charge in [-0.25, -0.2) is 9.59 Å². The number of hydrogen-bond donors (Lipinski definition) is 1. The van der Waals surface area contributed by atoms with Crippen LogP contribution in [0.15, 0.2) is 61.5 Å². The highest BCUT2D eigenvalue weighted by molar-refractivity contribution is 9.10.